The monoisotopic (exact) mass is 344 g/mol. The molecule has 0 aliphatic carbocycles. The number of hydrogen-bond donors (Lipinski definition) is 2. The first-order valence-electron chi connectivity index (χ1n) is 8.48. The number of anilines is 1. The maximum absolute atomic E-state index is 12.4. The number of carbonyl (C=O) groups is 1. The summed E-state index contributed by atoms with van der Waals surface area (Å²) < 4.78 is 1.73. The van der Waals surface area contributed by atoms with Gasteiger partial charge in [-0.1, -0.05) is 0 Å². The zero-order valence-electron chi connectivity index (χ0n) is 14.9. The van der Waals surface area contributed by atoms with Gasteiger partial charge in [-0.3, -0.25) is 9.48 Å². The highest BCUT2D eigenvalue weighted by Gasteiger charge is 2.37. The number of carbonyl (C=O) groups excluding carboxylic acids is 1. The van der Waals surface area contributed by atoms with Crippen LogP contribution in [0.25, 0.3) is 0 Å². The molecule has 1 fully saturated rings. The predicted octanol–water partition coefficient (Wildman–Crippen LogP) is 0.681. The summed E-state index contributed by atoms with van der Waals surface area (Å²) in [7, 11) is 0. The van der Waals surface area contributed by atoms with Crippen LogP contribution in [0.5, 0.6) is 0 Å². The third-order valence-corrected chi connectivity index (χ3v) is 4.54. The SMILES string of the molecule is CCn1cc(C(=O)NC[C@]2(O)CCN(c3cc(C)ncn3)C2)c(C)n1. The van der Waals surface area contributed by atoms with Crippen LogP contribution in [-0.2, 0) is 6.54 Å². The molecule has 0 unspecified atom stereocenters. The quantitative estimate of drug-likeness (QED) is 0.828. The fraction of sp³-hybridized carbons (Fsp3) is 0.529. The van der Waals surface area contributed by atoms with Crippen LogP contribution in [0.3, 0.4) is 0 Å². The van der Waals surface area contributed by atoms with E-state index in [-0.39, 0.29) is 12.5 Å². The van der Waals surface area contributed by atoms with Gasteiger partial charge in [0.2, 0.25) is 0 Å². The van der Waals surface area contributed by atoms with E-state index in [1.165, 1.54) is 6.33 Å². The van der Waals surface area contributed by atoms with Gasteiger partial charge < -0.3 is 15.3 Å². The molecule has 0 spiro atoms. The fourth-order valence-electron chi connectivity index (χ4n) is 3.05. The van der Waals surface area contributed by atoms with Gasteiger partial charge in [-0.05, 0) is 27.2 Å². The molecule has 1 aliphatic rings. The lowest BCUT2D eigenvalue weighted by Gasteiger charge is -2.24. The molecular formula is C17H24N6O2. The topological polar surface area (TPSA) is 96.2 Å². The van der Waals surface area contributed by atoms with Crippen LogP contribution in [0, 0.1) is 13.8 Å². The maximum atomic E-state index is 12.4. The number of aryl methyl sites for hydroxylation is 3. The van der Waals surface area contributed by atoms with E-state index < -0.39 is 5.60 Å². The highest BCUT2D eigenvalue weighted by atomic mass is 16.3. The first-order valence-corrected chi connectivity index (χ1v) is 8.48. The Morgan fingerprint density at radius 3 is 2.88 bits per heavy atom. The fourth-order valence-corrected chi connectivity index (χ4v) is 3.05. The van der Waals surface area contributed by atoms with E-state index in [1.807, 2.05) is 31.7 Å². The lowest BCUT2D eigenvalue weighted by molar-refractivity contribution is 0.0575. The van der Waals surface area contributed by atoms with Crippen molar-refractivity contribution in [3.05, 3.63) is 35.5 Å². The molecule has 3 heterocycles. The molecule has 0 radical (unpaired) electrons. The van der Waals surface area contributed by atoms with Crippen LogP contribution in [-0.4, -0.2) is 56.0 Å². The standard InChI is InChI=1S/C17H24N6O2/c1-4-23-8-14(13(3)21-23)16(24)18-9-17(25)5-6-22(10-17)15-7-12(2)19-11-20-15/h7-8,11,25H,4-6,9-10H2,1-3H3,(H,18,24)/t17-/m1/s1. The number of nitrogens with one attached hydrogen (secondary N) is 1. The molecule has 134 valence electrons. The summed E-state index contributed by atoms with van der Waals surface area (Å²) in [4.78, 5) is 22.7. The Kier molecular flexibility index (Phi) is 4.71. The molecule has 3 rings (SSSR count). The van der Waals surface area contributed by atoms with E-state index in [2.05, 4.69) is 20.4 Å². The van der Waals surface area contributed by atoms with Crippen LogP contribution in [0.1, 0.15) is 35.1 Å². The molecule has 1 saturated heterocycles. The van der Waals surface area contributed by atoms with Crippen molar-refractivity contribution in [3.8, 4) is 0 Å². The van der Waals surface area contributed by atoms with Gasteiger partial charge >= 0.3 is 0 Å². The number of β-amino-alcohol motifs (C(OH)–C–C–N with tert-alkyl or cyclic N) is 1. The highest BCUT2D eigenvalue weighted by Crippen LogP contribution is 2.25. The molecule has 8 nitrogen and oxygen atoms in total. The summed E-state index contributed by atoms with van der Waals surface area (Å²) in [5.74, 6) is 0.594. The van der Waals surface area contributed by atoms with Crippen molar-refractivity contribution in [1.82, 2.24) is 25.1 Å². The Morgan fingerprint density at radius 1 is 1.40 bits per heavy atom. The minimum Gasteiger partial charge on any atom is -0.386 e. The van der Waals surface area contributed by atoms with Gasteiger partial charge in [0.15, 0.2) is 0 Å². The van der Waals surface area contributed by atoms with Crippen LogP contribution in [0.2, 0.25) is 0 Å². The Hall–Kier alpha value is -2.48. The van der Waals surface area contributed by atoms with Crippen LogP contribution in [0.4, 0.5) is 5.82 Å². The molecular weight excluding hydrogens is 320 g/mol. The Bertz CT molecular complexity index is 774. The summed E-state index contributed by atoms with van der Waals surface area (Å²) in [6.45, 7) is 7.72. The van der Waals surface area contributed by atoms with E-state index in [0.29, 0.717) is 37.3 Å². The molecule has 2 aromatic rings. The molecule has 8 heteroatoms. The molecule has 0 aromatic carbocycles. The molecule has 0 saturated carbocycles. The minimum absolute atomic E-state index is 0.198. The van der Waals surface area contributed by atoms with Crippen molar-refractivity contribution in [2.24, 2.45) is 0 Å². The average Bonchev–Trinajstić information content (AvgIpc) is 3.16. The minimum atomic E-state index is -0.969. The van der Waals surface area contributed by atoms with Crippen molar-refractivity contribution in [2.45, 2.75) is 39.3 Å². The summed E-state index contributed by atoms with van der Waals surface area (Å²) >= 11 is 0. The van der Waals surface area contributed by atoms with E-state index in [9.17, 15) is 9.90 Å². The van der Waals surface area contributed by atoms with Gasteiger partial charge in [0, 0.05) is 44.1 Å². The smallest absolute Gasteiger partial charge is 0.254 e. The number of rotatable bonds is 5. The predicted molar refractivity (Wildman–Crippen MR) is 93.5 cm³/mol. The van der Waals surface area contributed by atoms with Crippen LogP contribution < -0.4 is 10.2 Å². The third-order valence-electron chi connectivity index (χ3n) is 4.54. The van der Waals surface area contributed by atoms with Gasteiger partial charge in [-0.15, -0.1) is 0 Å². The zero-order chi connectivity index (χ0) is 18.0. The van der Waals surface area contributed by atoms with Crippen LogP contribution >= 0.6 is 0 Å². The van der Waals surface area contributed by atoms with Gasteiger partial charge in [0.1, 0.15) is 17.7 Å². The van der Waals surface area contributed by atoms with E-state index in [4.69, 9.17) is 0 Å². The number of aromatic nitrogens is 4. The Balaban J connectivity index is 1.61. The molecule has 1 aliphatic heterocycles. The van der Waals surface area contributed by atoms with Crippen molar-refractivity contribution >= 4 is 11.7 Å². The summed E-state index contributed by atoms with van der Waals surface area (Å²) in [5, 5.41) is 17.9. The lowest BCUT2D eigenvalue weighted by atomic mass is 10.0. The van der Waals surface area contributed by atoms with Gasteiger partial charge in [-0.2, -0.15) is 5.10 Å². The zero-order valence-corrected chi connectivity index (χ0v) is 14.9. The lowest BCUT2D eigenvalue weighted by Crippen LogP contribution is -2.45. The second-order valence-electron chi connectivity index (χ2n) is 6.58. The molecule has 0 bridgehead atoms. The van der Waals surface area contributed by atoms with Gasteiger partial charge in [0.25, 0.3) is 5.91 Å². The molecule has 1 atom stereocenters. The summed E-state index contributed by atoms with van der Waals surface area (Å²) in [6.07, 6.45) is 3.83. The summed E-state index contributed by atoms with van der Waals surface area (Å²) in [6, 6.07) is 1.90. The largest absolute Gasteiger partial charge is 0.386 e. The van der Waals surface area contributed by atoms with Crippen molar-refractivity contribution in [2.75, 3.05) is 24.5 Å². The van der Waals surface area contributed by atoms with E-state index >= 15 is 0 Å². The van der Waals surface area contributed by atoms with Crippen molar-refractivity contribution < 1.29 is 9.90 Å². The first kappa shape index (κ1) is 17.3. The second-order valence-corrected chi connectivity index (χ2v) is 6.58. The normalized spacial score (nSPS) is 20.1. The van der Waals surface area contributed by atoms with Crippen LogP contribution in [0.15, 0.2) is 18.6 Å². The second kappa shape index (κ2) is 6.79. The number of aliphatic hydroxyl groups is 1. The number of hydrogen-bond acceptors (Lipinski definition) is 6. The van der Waals surface area contributed by atoms with Gasteiger partial charge in [0.05, 0.1) is 11.3 Å². The van der Waals surface area contributed by atoms with Gasteiger partial charge in [-0.25, -0.2) is 9.97 Å². The Morgan fingerprint density at radius 2 is 2.20 bits per heavy atom. The Labute approximate surface area is 146 Å². The van der Waals surface area contributed by atoms with Crippen molar-refractivity contribution in [3.63, 3.8) is 0 Å². The van der Waals surface area contributed by atoms with Crippen molar-refractivity contribution in [1.29, 1.82) is 0 Å². The number of nitrogens with zero attached hydrogens (tertiary/aromatic N) is 5. The maximum Gasteiger partial charge on any atom is 0.254 e. The third kappa shape index (κ3) is 3.79. The molecule has 1 amide bonds. The highest BCUT2D eigenvalue weighted by molar-refractivity contribution is 5.95. The van der Waals surface area contributed by atoms with E-state index in [0.717, 1.165) is 11.5 Å². The number of amides is 1. The molecule has 2 aromatic heterocycles. The molecule has 25 heavy (non-hydrogen) atoms. The average molecular weight is 344 g/mol. The van der Waals surface area contributed by atoms with E-state index in [1.54, 1.807) is 10.9 Å². The molecule has 2 N–H and O–H groups in total. The summed E-state index contributed by atoms with van der Waals surface area (Å²) in [5.41, 5.74) is 1.16. The first-order chi connectivity index (χ1) is 11.9.